The maximum absolute atomic E-state index is 11.8. The van der Waals surface area contributed by atoms with Crippen molar-refractivity contribution in [2.45, 2.75) is 26.2 Å². The number of amides is 1. The Bertz CT molecular complexity index is 434. The third-order valence-corrected chi connectivity index (χ3v) is 2.89. The van der Waals surface area contributed by atoms with Gasteiger partial charge in [-0.25, -0.2) is 0 Å². The molecular weight excluding hydrogens is 212 g/mol. The number of carbonyl (C=O) groups is 2. The minimum Gasteiger partial charge on any atom is -0.480 e. The highest BCUT2D eigenvalue weighted by Gasteiger charge is 2.51. The van der Waals surface area contributed by atoms with Gasteiger partial charge in [-0.2, -0.15) is 4.98 Å². The van der Waals surface area contributed by atoms with Gasteiger partial charge in [-0.15, -0.1) is 0 Å². The number of hydrogen-bond donors (Lipinski definition) is 2. The number of anilines is 1. The van der Waals surface area contributed by atoms with Crippen LogP contribution in [-0.4, -0.2) is 22.0 Å². The van der Waals surface area contributed by atoms with E-state index in [0.29, 0.717) is 18.5 Å². The SMILES string of the molecule is Cc1coc(NC(=O)C2(C(=O)O)CCC2)n1. The second kappa shape index (κ2) is 3.62. The summed E-state index contributed by atoms with van der Waals surface area (Å²) in [6.45, 7) is 1.72. The van der Waals surface area contributed by atoms with Crippen LogP contribution >= 0.6 is 0 Å². The average Bonchev–Trinajstić information content (AvgIpc) is 2.47. The van der Waals surface area contributed by atoms with Gasteiger partial charge in [-0.1, -0.05) is 6.42 Å². The fourth-order valence-corrected chi connectivity index (χ4v) is 1.70. The van der Waals surface area contributed by atoms with Crippen LogP contribution in [0.25, 0.3) is 0 Å². The van der Waals surface area contributed by atoms with Gasteiger partial charge in [0, 0.05) is 0 Å². The third-order valence-electron chi connectivity index (χ3n) is 2.89. The lowest BCUT2D eigenvalue weighted by molar-refractivity contribution is -0.159. The largest absolute Gasteiger partial charge is 0.480 e. The van der Waals surface area contributed by atoms with Crippen LogP contribution in [0.5, 0.6) is 0 Å². The molecule has 0 radical (unpaired) electrons. The van der Waals surface area contributed by atoms with E-state index in [1.807, 2.05) is 0 Å². The fraction of sp³-hybridized carbons (Fsp3) is 0.500. The molecule has 2 rings (SSSR count). The van der Waals surface area contributed by atoms with Crippen molar-refractivity contribution in [3.8, 4) is 0 Å². The third kappa shape index (κ3) is 1.56. The van der Waals surface area contributed by atoms with E-state index in [0.717, 1.165) is 6.42 Å². The predicted octanol–water partition coefficient (Wildman–Crippen LogP) is 1.18. The summed E-state index contributed by atoms with van der Waals surface area (Å²) in [4.78, 5) is 26.7. The molecule has 1 saturated carbocycles. The smallest absolute Gasteiger partial charge is 0.319 e. The molecule has 86 valence electrons. The van der Waals surface area contributed by atoms with Crippen molar-refractivity contribution in [1.29, 1.82) is 0 Å². The Morgan fingerprint density at radius 3 is 2.62 bits per heavy atom. The maximum atomic E-state index is 11.8. The van der Waals surface area contributed by atoms with Gasteiger partial charge in [-0.3, -0.25) is 14.9 Å². The van der Waals surface area contributed by atoms with Gasteiger partial charge >= 0.3 is 12.0 Å². The van der Waals surface area contributed by atoms with E-state index in [4.69, 9.17) is 9.52 Å². The van der Waals surface area contributed by atoms with Gasteiger partial charge in [0.15, 0.2) is 0 Å². The number of carboxylic acid groups (broad SMARTS) is 1. The standard InChI is InChI=1S/C10H12N2O4/c1-6-5-16-9(11-6)12-7(13)10(8(14)15)3-2-4-10/h5H,2-4H2,1H3,(H,14,15)(H,11,12,13). The Balaban J connectivity index is 2.10. The number of aryl methyl sites for hydroxylation is 1. The number of rotatable bonds is 3. The van der Waals surface area contributed by atoms with Crippen LogP contribution in [0.4, 0.5) is 6.01 Å². The van der Waals surface area contributed by atoms with E-state index in [2.05, 4.69) is 10.3 Å². The summed E-state index contributed by atoms with van der Waals surface area (Å²) < 4.78 is 4.94. The van der Waals surface area contributed by atoms with Crippen molar-refractivity contribution in [3.63, 3.8) is 0 Å². The quantitative estimate of drug-likeness (QED) is 0.752. The summed E-state index contributed by atoms with van der Waals surface area (Å²) in [6, 6.07) is 0.0509. The summed E-state index contributed by atoms with van der Waals surface area (Å²) in [5.74, 6) is -1.63. The molecular formula is C10H12N2O4. The van der Waals surface area contributed by atoms with Crippen molar-refractivity contribution >= 4 is 17.9 Å². The second-order valence-electron chi connectivity index (χ2n) is 3.99. The zero-order chi connectivity index (χ0) is 11.8. The average molecular weight is 224 g/mol. The summed E-state index contributed by atoms with van der Waals surface area (Å²) in [6.07, 6.45) is 2.88. The molecule has 1 aliphatic rings. The molecule has 2 N–H and O–H groups in total. The van der Waals surface area contributed by atoms with E-state index in [-0.39, 0.29) is 6.01 Å². The number of nitrogens with one attached hydrogen (secondary N) is 1. The van der Waals surface area contributed by atoms with Crippen LogP contribution in [0.1, 0.15) is 25.0 Å². The first-order valence-corrected chi connectivity index (χ1v) is 5.01. The zero-order valence-corrected chi connectivity index (χ0v) is 8.82. The molecule has 1 heterocycles. The fourth-order valence-electron chi connectivity index (χ4n) is 1.70. The minimum atomic E-state index is -1.29. The predicted molar refractivity (Wildman–Crippen MR) is 53.8 cm³/mol. The van der Waals surface area contributed by atoms with Gasteiger partial charge in [0.25, 0.3) is 0 Å². The van der Waals surface area contributed by atoms with Crippen LogP contribution in [0, 0.1) is 12.3 Å². The molecule has 0 bridgehead atoms. The Labute approximate surface area is 91.7 Å². The van der Waals surface area contributed by atoms with Gasteiger partial charge < -0.3 is 9.52 Å². The van der Waals surface area contributed by atoms with Crippen LogP contribution < -0.4 is 5.32 Å². The number of oxazole rings is 1. The van der Waals surface area contributed by atoms with E-state index in [1.54, 1.807) is 6.92 Å². The number of hydrogen-bond acceptors (Lipinski definition) is 4. The normalized spacial score (nSPS) is 17.6. The highest BCUT2D eigenvalue weighted by molar-refractivity contribution is 6.08. The maximum Gasteiger partial charge on any atom is 0.319 e. The van der Waals surface area contributed by atoms with Crippen molar-refractivity contribution in [1.82, 2.24) is 4.98 Å². The Kier molecular flexibility index (Phi) is 2.41. The first kappa shape index (κ1) is 10.7. The lowest BCUT2D eigenvalue weighted by Crippen LogP contribution is -2.48. The Hall–Kier alpha value is -1.85. The molecule has 0 aromatic carbocycles. The molecule has 1 fully saturated rings. The number of aromatic nitrogens is 1. The van der Waals surface area contributed by atoms with E-state index in [9.17, 15) is 9.59 Å². The first-order chi connectivity index (χ1) is 7.54. The lowest BCUT2D eigenvalue weighted by Gasteiger charge is -2.35. The van der Waals surface area contributed by atoms with E-state index in [1.165, 1.54) is 6.26 Å². The number of nitrogens with zero attached hydrogens (tertiary/aromatic N) is 1. The first-order valence-electron chi connectivity index (χ1n) is 5.01. The van der Waals surface area contributed by atoms with Crippen molar-refractivity contribution < 1.29 is 19.1 Å². The molecule has 0 unspecified atom stereocenters. The minimum absolute atomic E-state index is 0.0509. The Morgan fingerprint density at radius 2 is 2.25 bits per heavy atom. The molecule has 0 atom stereocenters. The van der Waals surface area contributed by atoms with Crippen molar-refractivity contribution in [2.75, 3.05) is 5.32 Å². The summed E-state index contributed by atoms with van der Waals surface area (Å²) in [5.41, 5.74) is -0.657. The highest BCUT2D eigenvalue weighted by Crippen LogP contribution is 2.42. The molecule has 0 aliphatic heterocycles. The molecule has 6 nitrogen and oxygen atoms in total. The molecule has 1 amide bonds. The highest BCUT2D eigenvalue weighted by atomic mass is 16.4. The lowest BCUT2D eigenvalue weighted by atomic mass is 9.68. The van der Waals surface area contributed by atoms with Crippen molar-refractivity contribution in [2.24, 2.45) is 5.41 Å². The molecule has 1 aliphatic carbocycles. The van der Waals surface area contributed by atoms with Gasteiger partial charge in [0.2, 0.25) is 5.91 Å². The van der Waals surface area contributed by atoms with Crippen LogP contribution in [0.2, 0.25) is 0 Å². The number of carboxylic acids is 1. The molecule has 1 aromatic rings. The van der Waals surface area contributed by atoms with E-state index < -0.39 is 17.3 Å². The van der Waals surface area contributed by atoms with Crippen LogP contribution in [0.3, 0.4) is 0 Å². The molecule has 0 spiro atoms. The number of aliphatic carboxylic acids is 1. The van der Waals surface area contributed by atoms with Gasteiger partial charge in [0.05, 0.1) is 5.69 Å². The number of carbonyl (C=O) groups excluding carboxylic acids is 1. The molecule has 0 saturated heterocycles. The van der Waals surface area contributed by atoms with Crippen LogP contribution in [0.15, 0.2) is 10.7 Å². The summed E-state index contributed by atoms with van der Waals surface area (Å²) >= 11 is 0. The second-order valence-corrected chi connectivity index (χ2v) is 3.99. The molecule has 6 heteroatoms. The summed E-state index contributed by atoms with van der Waals surface area (Å²) in [5, 5.41) is 11.4. The molecule has 16 heavy (non-hydrogen) atoms. The van der Waals surface area contributed by atoms with Gasteiger partial charge in [-0.05, 0) is 19.8 Å². The van der Waals surface area contributed by atoms with Crippen LogP contribution in [-0.2, 0) is 9.59 Å². The summed E-state index contributed by atoms with van der Waals surface area (Å²) in [7, 11) is 0. The van der Waals surface area contributed by atoms with E-state index >= 15 is 0 Å². The van der Waals surface area contributed by atoms with Crippen molar-refractivity contribution in [3.05, 3.63) is 12.0 Å². The zero-order valence-electron chi connectivity index (χ0n) is 8.82. The molecule has 1 aromatic heterocycles. The topological polar surface area (TPSA) is 92.4 Å². The van der Waals surface area contributed by atoms with Gasteiger partial charge in [0.1, 0.15) is 11.7 Å². The monoisotopic (exact) mass is 224 g/mol. The Morgan fingerprint density at radius 1 is 1.56 bits per heavy atom.